The zero-order valence-electron chi connectivity index (χ0n) is 15.2. The van der Waals surface area contributed by atoms with Crippen LogP contribution in [0.5, 0.6) is 0 Å². The van der Waals surface area contributed by atoms with Crippen LogP contribution in [0.25, 0.3) is 0 Å². The van der Waals surface area contributed by atoms with Crippen molar-refractivity contribution < 1.29 is 4.79 Å². The van der Waals surface area contributed by atoms with Gasteiger partial charge >= 0.3 is 0 Å². The van der Waals surface area contributed by atoms with Crippen LogP contribution in [-0.2, 0) is 6.54 Å². The molecule has 1 aliphatic rings. The molecule has 1 fully saturated rings. The van der Waals surface area contributed by atoms with Gasteiger partial charge in [0.15, 0.2) is 0 Å². The minimum atomic E-state index is -0.0310. The molecule has 0 bridgehead atoms. The van der Waals surface area contributed by atoms with Crippen molar-refractivity contribution in [1.82, 2.24) is 19.8 Å². The number of rotatable bonds is 6. The molecule has 1 saturated heterocycles. The molecule has 0 atom stereocenters. The minimum absolute atomic E-state index is 0.0310. The number of anilines is 1. The summed E-state index contributed by atoms with van der Waals surface area (Å²) in [6, 6.07) is 12.2. The number of carbonyl (C=O) groups is 1. The fraction of sp³-hybridized carbons (Fsp3) is 0.350. The second-order valence-corrected chi connectivity index (χ2v) is 6.44. The SMILES string of the molecule is C=CCNc1nc(C)cc(C(=O)N2CCN(Cc3ccccc3)CC2)n1. The largest absolute Gasteiger partial charge is 0.351 e. The lowest BCUT2D eigenvalue weighted by Crippen LogP contribution is -2.48. The zero-order chi connectivity index (χ0) is 18.4. The number of benzene rings is 1. The quantitative estimate of drug-likeness (QED) is 0.810. The van der Waals surface area contributed by atoms with Crippen LogP contribution in [0, 0.1) is 6.92 Å². The van der Waals surface area contributed by atoms with Crippen molar-refractivity contribution in [3.63, 3.8) is 0 Å². The highest BCUT2D eigenvalue weighted by atomic mass is 16.2. The summed E-state index contributed by atoms with van der Waals surface area (Å²) in [7, 11) is 0. The van der Waals surface area contributed by atoms with Gasteiger partial charge in [-0.25, -0.2) is 9.97 Å². The Morgan fingerprint density at radius 1 is 1.19 bits per heavy atom. The standard InChI is InChI=1S/C20H25N5O/c1-3-9-21-20-22-16(2)14-18(23-20)19(26)25-12-10-24(11-13-25)15-17-7-5-4-6-8-17/h3-8,14H,1,9-13,15H2,2H3,(H,21,22,23). The van der Waals surface area contributed by atoms with Crippen LogP contribution < -0.4 is 5.32 Å². The summed E-state index contributed by atoms with van der Waals surface area (Å²) in [6.07, 6.45) is 1.74. The summed E-state index contributed by atoms with van der Waals surface area (Å²) in [6.45, 7) is 10.2. The monoisotopic (exact) mass is 351 g/mol. The van der Waals surface area contributed by atoms with E-state index in [9.17, 15) is 4.79 Å². The molecule has 0 spiro atoms. The van der Waals surface area contributed by atoms with E-state index in [1.54, 1.807) is 12.1 Å². The number of nitrogens with one attached hydrogen (secondary N) is 1. The molecule has 0 aliphatic carbocycles. The smallest absolute Gasteiger partial charge is 0.272 e. The van der Waals surface area contributed by atoms with Crippen molar-refractivity contribution in [3.8, 4) is 0 Å². The molecule has 6 heteroatoms. The predicted octanol–water partition coefficient (Wildman–Crippen LogP) is 2.34. The maximum absolute atomic E-state index is 12.8. The zero-order valence-corrected chi connectivity index (χ0v) is 15.2. The summed E-state index contributed by atoms with van der Waals surface area (Å²) in [4.78, 5) is 25.7. The van der Waals surface area contributed by atoms with Gasteiger partial charge in [-0.1, -0.05) is 36.4 Å². The number of amides is 1. The average Bonchev–Trinajstić information content (AvgIpc) is 2.67. The lowest BCUT2D eigenvalue weighted by molar-refractivity contribution is 0.0622. The Bertz CT molecular complexity index is 754. The van der Waals surface area contributed by atoms with E-state index in [2.05, 4.69) is 51.0 Å². The van der Waals surface area contributed by atoms with Crippen molar-refractivity contribution in [2.24, 2.45) is 0 Å². The van der Waals surface area contributed by atoms with Gasteiger partial charge in [-0.15, -0.1) is 6.58 Å². The van der Waals surface area contributed by atoms with Crippen LogP contribution in [0.3, 0.4) is 0 Å². The summed E-state index contributed by atoms with van der Waals surface area (Å²) in [5, 5.41) is 3.05. The maximum Gasteiger partial charge on any atom is 0.272 e. The number of aryl methyl sites for hydroxylation is 1. The number of hydrogen-bond acceptors (Lipinski definition) is 5. The van der Waals surface area contributed by atoms with E-state index in [1.807, 2.05) is 17.9 Å². The first-order chi connectivity index (χ1) is 12.7. The first kappa shape index (κ1) is 18.1. The average molecular weight is 351 g/mol. The minimum Gasteiger partial charge on any atom is -0.351 e. The number of piperazine rings is 1. The Kier molecular flexibility index (Phi) is 5.96. The number of aromatic nitrogens is 2. The van der Waals surface area contributed by atoms with Gasteiger partial charge in [0.2, 0.25) is 5.95 Å². The first-order valence-electron chi connectivity index (χ1n) is 8.91. The van der Waals surface area contributed by atoms with Crippen LogP contribution in [0.4, 0.5) is 5.95 Å². The van der Waals surface area contributed by atoms with Gasteiger partial charge in [-0.05, 0) is 18.6 Å². The molecule has 0 radical (unpaired) electrons. The van der Waals surface area contributed by atoms with Gasteiger partial charge in [0, 0.05) is 45.0 Å². The molecule has 1 aliphatic heterocycles. The maximum atomic E-state index is 12.8. The molecule has 1 amide bonds. The van der Waals surface area contributed by atoms with E-state index >= 15 is 0 Å². The summed E-state index contributed by atoms with van der Waals surface area (Å²) in [5.41, 5.74) is 2.52. The molecule has 3 rings (SSSR count). The van der Waals surface area contributed by atoms with Crippen molar-refractivity contribution >= 4 is 11.9 Å². The van der Waals surface area contributed by atoms with E-state index in [4.69, 9.17) is 0 Å². The highest BCUT2D eigenvalue weighted by molar-refractivity contribution is 5.92. The van der Waals surface area contributed by atoms with Crippen molar-refractivity contribution in [3.05, 3.63) is 66.0 Å². The Hall–Kier alpha value is -2.73. The molecule has 1 N–H and O–H groups in total. The van der Waals surface area contributed by atoms with E-state index in [1.165, 1.54) is 5.56 Å². The van der Waals surface area contributed by atoms with Crippen LogP contribution in [0.2, 0.25) is 0 Å². The van der Waals surface area contributed by atoms with Crippen molar-refractivity contribution in [2.45, 2.75) is 13.5 Å². The predicted molar refractivity (Wildman–Crippen MR) is 103 cm³/mol. The third-order valence-electron chi connectivity index (χ3n) is 4.39. The summed E-state index contributed by atoms with van der Waals surface area (Å²) in [5.74, 6) is 0.437. The summed E-state index contributed by atoms with van der Waals surface area (Å²) >= 11 is 0. The van der Waals surface area contributed by atoms with Gasteiger partial charge in [0.05, 0.1) is 0 Å². The van der Waals surface area contributed by atoms with Crippen molar-refractivity contribution in [2.75, 3.05) is 38.0 Å². The van der Waals surface area contributed by atoms with E-state index in [-0.39, 0.29) is 5.91 Å². The molecule has 2 heterocycles. The molecule has 0 unspecified atom stereocenters. The van der Waals surface area contributed by atoms with E-state index in [0.29, 0.717) is 31.3 Å². The molecule has 136 valence electrons. The van der Waals surface area contributed by atoms with Gasteiger partial charge in [-0.3, -0.25) is 9.69 Å². The molecular formula is C20H25N5O. The Balaban J connectivity index is 1.59. The Labute approximate surface area is 154 Å². The number of carbonyl (C=O) groups excluding carboxylic acids is 1. The third kappa shape index (κ3) is 4.67. The van der Waals surface area contributed by atoms with Crippen molar-refractivity contribution in [1.29, 1.82) is 0 Å². The van der Waals surface area contributed by atoms with Crippen LogP contribution in [0.1, 0.15) is 21.7 Å². The summed E-state index contributed by atoms with van der Waals surface area (Å²) < 4.78 is 0. The van der Waals surface area contributed by atoms with E-state index in [0.717, 1.165) is 25.3 Å². The second kappa shape index (κ2) is 8.58. The second-order valence-electron chi connectivity index (χ2n) is 6.44. The van der Waals surface area contributed by atoms with Crippen LogP contribution >= 0.6 is 0 Å². The topological polar surface area (TPSA) is 61.4 Å². The molecule has 1 aromatic heterocycles. The van der Waals surface area contributed by atoms with E-state index < -0.39 is 0 Å². The molecule has 26 heavy (non-hydrogen) atoms. The third-order valence-corrected chi connectivity index (χ3v) is 4.39. The normalized spacial score (nSPS) is 14.9. The highest BCUT2D eigenvalue weighted by Gasteiger charge is 2.23. The first-order valence-corrected chi connectivity index (χ1v) is 8.91. The van der Waals surface area contributed by atoms with Gasteiger partial charge in [0.1, 0.15) is 5.69 Å². The number of nitrogens with zero attached hydrogens (tertiary/aromatic N) is 4. The number of hydrogen-bond donors (Lipinski definition) is 1. The van der Waals surface area contributed by atoms with Crippen LogP contribution in [-0.4, -0.2) is 58.4 Å². The van der Waals surface area contributed by atoms with Crippen LogP contribution in [0.15, 0.2) is 49.1 Å². The molecule has 6 nitrogen and oxygen atoms in total. The molecular weight excluding hydrogens is 326 g/mol. The Morgan fingerprint density at radius 3 is 2.62 bits per heavy atom. The lowest BCUT2D eigenvalue weighted by Gasteiger charge is -2.34. The molecule has 2 aromatic rings. The highest BCUT2D eigenvalue weighted by Crippen LogP contribution is 2.12. The fourth-order valence-electron chi connectivity index (χ4n) is 3.03. The molecule has 0 saturated carbocycles. The molecule has 1 aromatic carbocycles. The fourth-order valence-corrected chi connectivity index (χ4v) is 3.03. The van der Waals surface area contributed by atoms with Gasteiger partial charge < -0.3 is 10.2 Å². The Morgan fingerprint density at radius 2 is 1.92 bits per heavy atom. The van der Waals surface area contributed by atoms with Gasteiger partial charge in [0.25, 0.3) is 5.91 Å². The van der Waals surface area contributed by atoms with Gasteiger partial charge in [-0.2, -0.15) is 0 Å². The lowest BCUT2D eigenvalue weighted by atomic mass is 10.2.